The van der Waals surface area contributed by atoms with Crippen LogP contribution in [0.15, 0.2) is 53.6 Å². The Kier molecular flexibility index (Phi) is 6.55. The van der Waals surface area contributed by atoms with Gasteiger partial charge in [-0.15, -0.1) is 23.1 Å². The average Bonchev–Trinajstić information content (AvgIpc) is 3.11. The predicted octanol–water partition coefficient (Wildman–Crippen LogP) is 5.04. The zero-order chi connectivity index (χ0) is 21.0. The Morgan fingerprint density at radius 1 is 1.28 bits per heavy atom. The number of rotatable bonds is 7. The number of nitro groups is 1. The van der Waals surface area contributed by atoms with Crippen LogP contribution >= 0.6 is 23.1 Å². The van der Waals surface area contributed by atoms with E-state index in [0.29, 0.717) is 10.7 Å². The number of thiazole rings is 1. The second-order valence-corrected chi connectivity index (χ2v) is 8.57. The molecule has 1 amide bonds. The van der Waals surface area contributed by atoms with Crippen LogP contribution in [0.5, 0.6) is 0 Å². The highest BCUT2D eigenvalue weighted by Crippen LogP contribution is 2.27. The molecule has 1 atom stereocenters. The van der Waals surface area contributed by atoms with Gasteiger partial charge in [-0.25, -0.2) is 13.8 Å². The molecule has 0 bridgehead atoms. The molecule has 0 spiro atoms. The van der Waals surface area contributed by atoms with Crippen LogP contribution in [0.3, 0.4) is 0 Å². The van der Waals surface area contributed by atoms with Crippen molar-refractivity contribution in [2.45, 2.75) is 23.5 Å². The number of carbonyl (C=O) groups excluding carboxylic acids is 1. The molecule has 0 fully saturated rings. The smallest absolute Gasteiger partial charge is 0.269 e. The summed E-state index contributed by atoms with van der Waals surface area (Å²) in [7, 11) is 0. The standard InChI is InChI=1S/C19H15F2N3O3S2/c1-11(28-15-6-4-14(5-7-15)24(26)27)18(25)23-19-22-10-16(29-19)8-12-2-3-13(20)9-17(12)21/h2-7,9-11H,8H2,1H3,(H,22,23,25). The number of hydrogen-bond acceptors (Lipinski definition) is 6. The van der Waals surface area contributed by atoms with Crippen molar-refractivity contribution in [1.29, 1.82) is 0 Å². The Bertz CT molecular complexity index is 1040. The number of non-ortho nitro benzene ring substituents is 1. The minimum Gasteiger partial charge on any atom is -0.301 e. The molecule has 1 unspecified atom stereocenters. The van der Waals surface area contributed by atoms with E-state index in [1.165, 1.54) is 53.6 Å². The normalized spacial score (nSPS) is 11.8. The Labute approximate surface area is 173 Å². The van der Waals surface area contributed by atoms with E-state index in [1.54, 1.807) is 19.1 Å². The fraction of sp³-hybridized carbons (Fsp3) is 0.158. The van der Waals surface area contributed by atoms with Crippen LogP contribution in [0, 0.1) is 21.7 Å². The van der Waals surface area contributed by atoms with E-state index in [-0.39, 0.29) is 18.0 Å². The molecule has 29 heavy (non-hydrogen) atoms. The van der Waals surface area contributed by atoms with E-state index in [4.69, 9.17) is 0 Å². The summed E-state index contributed by atoms with van der Waals surface area (Å²) in [4.78, 5) is 28.2. The zero-order valence-corrected chi connectivity index (χ0v) is 16.7. The minimum absolute atomic E-state index is 0.0145. The summed E-state index contributed by atoms with van der Waals surface area (Å²) >= 11 is 2.47. The molecule has 0 saturated carbocycles. The van der Waals surface area contributed by atoms with Crippen molar-refractivity contribution in [3.8, 4) is 0 Å². The molecule has 1 N–H and O–H groups in total. The van der Waals surface area contributed by atoms with Crippen LogP contribution < -0.4 is 5.32 Å². The molecule has 150 valence electrons. The van der Waals surface area contributed by atoms with Crippen LogP contribution in [0.1, 0.15) is 17.4 Å². The molecule has 10 heteroatoms. The lowest BCUT2D eigenvalue weighted by Gasteiger charge is -2.10. The molecule has 0 aliphatic carbocycles. The predicted molar refractivity (Wildman–Crippen MR) is 108 cm³/mol. The summed E-state index contributed by atoms with van der Waals surface area (Å²) in [5.74, 6) is -1.54. The fourth-order valence-electron chi connectivity index (χ4n) is 2.41. The molecular weight excluding hydrogens is 420 g/mol. The van der Waals surface area contributed by atoms with Gasteiger partial charge in [0.25, 0.3) is 5.69 Å². The molecule has 6 nitrogen and oxygen atoms in total. The second kappa shape index (κ2) is 9.10. The van der Waals surface area contributed by atoms with E-state index >= 15 is 0 Å². The van der Waals surface area contributed by atoms with Gasteiger partial charge in [0, 0.05) is 40.6 Å². The lowest BCUT2D eigenvalue weighted by molar-refractivity contribution is -0.384. The maximum absolute atomic E-state index is 13.8. The maximum atomic E-state index is 13.8. The van der Waals surface area contributed by atoms with Crippen molar-refractivity contribution in [3.05, 3.63) is 80.9 Å². The molecule has 0 aliphatic heterocycles. The summed E-state index contributed by atoms with van der Waals surface area (Å²) in [6.45, 7) is 1.71. The summed E-state index contributed by atoms with van der Waals surface area (Å²) < 4.78 is 26.8. The van der Waals surface area contributed by atoms with E-state index in [2.05, 4.69) is 10.3 Å². The van der Waals surface area contributed by atoms with Gasteiger partial charge in [-0.3, -0.25) is 14.9 Å². The number of aromatic nitrogens is 1. The van der Waals surface area contributed by atoms with E-state index in [9.17, 15) is 23.7 Å². The topological polar surface area (TPSA) is 85.1 Å². The van der Waals surface area contributed by atoms with Crippen molar-refractivity contribution in [1.82, 2.24) is 4.98 Å². The molecule has 0 radical (unpaired) electrons. The number of anilines is 1. The molecule has 3 aromatic rings. The lowest BCUT2D eigenvalue weighted by Crippen LogP contribution is -2.22. The molecule has 2 aromatic carbocycles. The van der Waals surface area contributed by atoms with Gasteiger partial charge in [-0.2, -0.15) is 0 Å². The first-order valence-electron chi connectivity index (χ1n) is 8.42. The van der Waals surface area contributed by atoms with Gasteiger partial charge in [-0.1, -0.05) is 6.07 Å². The summed E-state index contributed by atoms with van der Waals surface area (Å²) in [5, 5.41) is 13.3. The third-order valence-electron chi connectivity index (χ3n) is 3.89. The van der Waals surface area contributed by atoms with Crippen LogP contribution in [0.25, 0.3) is 0 Å². The Morgan fingerprint density at radius 3 is 2.66 bits per heavy atom. The molecular formula is C19H15F2N3O3S2. The fourth-order valence-corrected chi connectivity index (χ4v) is 4.12. The number of hydrogen-bond donors (Lipinski definition) is 1. The van der Waals surface area contributed by atoms with E-state index in [0.717, 1.165) is 15.8 Å². The van der Waals surface area contributed by atoms with Crippen molar-refractivity contribution in [2.75, 3.05) is 5.32 Å². The van der Waals surface area contributed by atoms with Crippen molar-refractivity contribution in [3.63, 3.8) is 0 Å². The maximum Gasteiger partial charge on any atom is 0.269 e. The van der Waals surface area contributed by atoms with Crippen LogP contribution in [-0.4, -0.2) is 21.1 Å². The number of nitrogens with one attached hydrogen (secondary N) is 1. The average molecular weight is 435 g/mol. The quantitative estimate of drug-likeness (QED) is 0.319. The number of nitrogens with zero attached hydrogens (tertiary/aromatic N) is 2. The SMILES string of the molecule is CC(Sc1ccc([N+](=O)[O-])cc1)C(=O)Nc1ncc(Cc2ccc(F)cc2F)s1. The van der Waals surface area contributed by atoms with Gasteiger partial charge in [0.05, 0.1) is 10.2 Å². The monoisotopic (exact) mass is 435 g/mol. The van der Waals surface area contributed by atoms with Crippen LogP contribution in [0.2, 0.25) is 0 Å². The van der Waals surface area contributed by atoms with Gasteiger partial charge >= 0.3 is 0 Å². The lowest BCUT2D eigenvalue weighted by atomic mass is 10.1. The first-order chi connectivity index (χ1) is 13.8. The first kappa shape index (κ1) is 20.9. The first-order valence-corrected chi connectivity index (χ1v) is 10.1. The van der Waals surface area contributed by atoms with Gasteiger partial charge in [0.15, 0.2) is 5.13 Å². The number of benzene rings is 2. The Morgan fingerprint density at radius 2 is 2.00 bits per heavy atom. The highest BCUT2D eigenvalue weighted by Gasteiger charge is 2.17. The largest absolute Gasteiger partial charge is 0.301 e. The molecule has 3 rings (SSSR count). The number of thioether (sulfide) groups is 1. The van der Waals surface area contributed by atoms with Crippen LogP contribution in [-0.2, 0) is 11.2 Å². The van der Waals surface area contributed by atoms with Crippen molar-refractivity contribution >= 4 is 39.8 Å². The zero-order valence-electron chi connectivity index (χ0n) is 15.1. The highest BCUT2D eigenvalue weighted by molar-refractivity contribution is 8.00. The summed E-state index contributed by atoms with van der Waals surface area (Å²) in [5.41, 5.74) is 0.328. The third-order valence-corrected chi connectivity index (χ3v) is 5.92. The van der Waals surface area contributed by atoms with Gasteiger partial charge in [-0.05, 0) is 30.7 Å². The highest BCUT2D eigenvalue weighted by atomic mass is 32.2. The Hall–Kier alpha value is -2.85. The molecule has 1 heterocycles. The number of carbonyl (C=O) groups is 1. The van der Waals surface area contributed by atoms with E-state index < -0.39 is 21.8 Å². The van der Waals surface area contributed by atoms with Gasteiger partial charge in [0.2, 0.25) is 5.91 Å². The van der Waals surface area contributed by atoms with Crippen molar-refractivity contribution in [2.24, 2.45) is 0 Å². The molecule has 1 aromatic heterocycles. The minimum atomic E-state index is -0.636. The summed E-state index contributed by atoms with van der Waals surface area (Å²) in [6, 6.07) is 9.35. The molecule has 0 saturated heterocycles. The number of amides is 1. The molecule has 0 aliphatic rings. The Balaban J connectivity index is 1.58. The third kappa shape index (κ3) is 5.58. The second-order valence-electron chi connectivity index (χ2n) is 6.04. The van der Waals surface area contributed by atoms with Gasteiger partial charge in [0.1, 0.15) is 11.6 Å². The van der Waals surface area contributed by atoms with E-state index in [1.807, 2.05) is 0 Å². The number of halogens is 2. The van der Waals surface area contributed by atoms with Gasteiger partial charge < -0.3 is 5.32 Å². The van der Waals surface area contributed by atoms with Crippen molar-refractivity contribution < 1.29 is 18.5 Å². The summed E-state index contributed by atoms with van der Waals surface area (Å²) in [6.07, 6.45) is 1.78. The number of nitro benzene ring substituents is 1. The van der Waals surface area contributed by atoms with Crippen LogP contribution in [0.4, 0.5) is 19.6 Å².